The van der Waals surface area contributed by atoms with Gasteiger partial charge < -0.3 is 21.2 Å². The van der Waals surface area contributed by atoms with Crippen molar-refractivity contribution in [2.24, 2.45) is 11.6 Å². The molecule has 0 atom stereocenters. The summed E-state index contributed by atoms with van der Waals surface area (Å²) in [6.45, 7) is 2.85. The number of aromatic nitrogens is 2. The lowest BCUT2D eigenvalue weighted by Gasteiger charge is -2.09. The van der Waals surface area contributed by atoms with Crippen LogP contribution >= 0.6 is 0 Å². The van der Waals surface area contributed by atoms with Gasteiger partial charge in [-0.2, -0.15) is 0 Å². The van der Waals surface area contributed by atoms with E-state index >= 15 is 0 Å². The van der Waals surface area contributed by atoms with Crippen LogP contribution in [0.4, 0.5) is 11.6 Å². The smallest absolute Gasteiger partial charge is 0.243 e. The van der Waals surface area contributed by atoms with E-state index in [0.29, 0.717) is 24.8 Å². The standard InChI is InChI=1S/C11H20N6O2/c1-2-3-9-15-10(6-11(16-9)17-13)14-4-5-19-7-8(12)18/h6H,2-5,7,13H2,1H3,(H2,12,18)(H2,14,15,16,17). The van der Waals surface area contributed by atoms with Crippen LogP contribution in [0.15, 0.2) is 6.07 Å². The highest BCUT2D eigenvalue weighted by Gasteiger charge is 2.03. The van der Waals surface area contributed by atoms with Crippen LogP contribution in [0.1, 0.15) is 19.2 Å². The molecule has 0 aliphatic heterocycles. The summed E-state index contributed by atoms with van der Waals surface area (Å²) in [5.41, 5.74) is 7.45. The van der Waals surface area contributed by atoms with E-state index in [1.54, 1.807) is 6.07 Å². The van der Waals surface area contributed by atoms with Gasteiger partial charge in [-0.25, -0.2) is 15.8 Å². The lowest BCUT2D eigenvalue weighted by molar-refractivity contribution is -0.122. The number of carbonyl (C=O) groups excluding carboxylic acids is 1. The average Bonchev–Trinajstić information content (AvgIpc) is 2.38. The molecule has 8 heteroatoms. The maximum absolute atomic E-state index is 10.5. The number of carbonyl (C=O) groups is 1. The largest absolute Gasteiger partial charge is 0.370 e. The topological polar surface area (TPSA) is 128 Å². The van der Waals surface area contributed by atoms with Crippen molar-refractivity contribution in [3.63, 3.8) is 0 Å². The van der Waals surface area contributed by atoms with Gasteiger partial charge in [0, 0.05) is 19.0 Å². The Balaban J connectivity index is 2.47. The van der Waals surface area contributed by atoms with Crippen molar-refractivity contribution in [1.29, 1.82) is 0 Å². The Labute approximate surface area is 111 Å². The molecule has 1 aromatic heterocycles. The number of rotatable bonds is 9. The summed E-state index contributed by atoms with van der Waals surface area (Å²) >= 11 is 0. The van der Waals surface area contributed by atoms with Crippen molar-refractivity contribution in [3.8, 4) is 0 Å². The highest BCUT2D eigenvalue weighted by Crippen LogP contribution is 2.11. The van der Waals surface area contributed by atoms with Crippen LogP contribution in [0.2, 0.25) is 0 Å². The van der Waals surface area contributed by atoms with E-state index in [1.165, 1.54) is 0 Å². The first-order chi connectivity index (χ1) is 9.15. The monoisotopic (exact) mass is 268 g/mol. The Morgan fingerprint density at radius 2 is 2.16 bits per heavy atom. The first-order valence-corrected chi connectivity index (χ1v) is 6.10. The fourth-order valence-corrected chi connectivity index (χ4v) is 1.42. The second-order valence-electron chi connectivity index (χ2n) is 3.89. The van der Waals surface area contributed by atoms with Crippen LogP contribution in [0, 0.1) is 0 Å². The molecule has 1 amide bonds. The zero-order valence-corrected chi connectivity index (χ0v) is 11.0. The second kappa shape index (κ2) is 8.22. The van der Waals surface area contributed by atoms with Crippen LogP contribution in [0.5, 0.6) is 0 Å². The molecule has 0 bridgehead atoms. The number of nitrogens with two attached hydrogens (primary N) is 2. The molecule has 1 aromatic rings. The third-order valence-corrected chi connectivity index (χ3v) is 2.19. The van der Waals surface area contributed by atoms with E-state index in [1.807, 2.05) is 0 Å². The number of nitrogens with zero attached hydrogens (tertiary/aromatic N) is 2. The van der Waals surface area contributed by atoms with E-state index in [2.05, 4.69) is 27.6 Å². The van der Waals surface area contributed by atoms with E-state index in [4.69, 9.17) is 16.3 Å². The van der Waals surface area contributed by atoms with Gasteiger partial charge in [0.2, 0.25) is 5.91 Å². The zero-order chi connectivity index (χ0) is 14.1. The number of hydrazine groups is 1. The number of ether oxygens (including phenoxy) is 1. The normalized spacial score (nSPS) is 10.2. The lowest BCUT2D eigenvalue weighted by Crippen LogP contribution is -2.21. The predicted octanol–water partition coefficient (Wildman–Crippen LogP) is -0.371. The van der Waals surface area contributed by atoms with Gasteiger partial charge in [0.05, 0.1) is 6.61 Å². The number of nitrogens with one attached hydrogen (secondary N) is 2. The van der Waals surface area contributed by atoms with E-state index in [0.717, 1.165) is 18.7 Å². The van der Waals surface area contributed by atoms with Crippen molar-refractivity contribution in [2.75, 3.05) is 30.5 Å². The second-order valence-corrected chi connectivity index (χ2v) is 3.89. The first kappa shape index (κ1) is 15.1. The zero-order valence-electron chi connectivity index (χ0n) is 11.0. The minimum atomic E-state index is -0.484. The maximum atomic E-state index is 10.5. The highest BCUT2D eigenvalue weighted by molar-refractivity contribution is 5.74. The Kier molecular flexibility index (Phi) is 6.55. The van der Waals surface area contributed by atoms with Gasteiger partial charge >= 0.3 is 0 Å². The average molecular weight is 268 g/mol. The summed E-state index contributed by atoms with van der Waals surface area (Å²) < 4.78 is 5.03. The maximum Gasteiger partial charge on any atom is 0.243 e. The minimum Gasteiger partial charge on any atom is -0.370 e. The summed E-state index contributed by atoms with van der Waals surface area (Å²) in [7, 11) is 0. The van der Waals surface area contributed by atoms with Gasteiger partial charge in [0.15, 0.2) is 0 Å². The summed E-state index contributed by atoms with van der Waals surface area (Å²) in [4.78, 5) is 19.0. The number of primary amides is 1. The van der Waals surface area contributed by atoms with Crippen LogP contribution in [0.25, 0.3) is 0 Å². The molecular formula is C11H20N6O2. The fourth-order valence-electron chi connectivity index (χ4n) is 1.42. The molecule has 0 aliphatic carbocycles. The molecule has 6 N–H and O–H groups in total. The summed E-state index contributed by atoms with van der Waals surface area (Å²) in [6, 6.07) is 1.70. The van der Waals surface area contributed by atoms with E-state index in [-0.39, 0.29) is 6.61 Å². The molecule has 106 valence electrons. The van der Waals surface area contributed by atoms with Gasteiger partial charge in [-0.1, -0.05) is 6.92 Å². The van der Waals surface area contributed by atoms with Gasteiger partial charge in [-0.05, 0) is 6.42 Å². The molecule has 0 aromatic carbocycles. The van der Waals surface area contributed by atoms with Crippen molar-refractivity contribution < 1.29 is 9.53 Å². The Bertz CT molecular complexity index is 412. The minimum absolute atomic E-state index is 0.0812. The van der Waals surface area contributed by atoms with Crippen LogP contribution in [0.3, 0.4) is 0 Å². The third-order valence-electron chi connectivity index (χ3n) is 2.19. The van der Waals surface area contributed by atoms with Gasteiger partial charge in [0.1, 0.15) is 24.1 Å². The van der Waals surface area contributed by atoms with Crippen molar-refractivity contribution in [1.82, 2.24) is 9.97 Å². The molecule has 19 heavy (non-hydrogen) atoms. The van der Waals surface area contributed by atoms with Crippen molar-refractivity contribution in [3.05, 3.63) is 11.9 Å². The number of amides is 1. The van der Waals surface area contributed by atoms with E-state index < -0.39 is 5.91 Å². The first-order valence-electron chi connectivity index (χ1n) is 6.10. The van der Waals surface area contributed by atoms with Crippen LogP contribution < -0.4 is 22.3 Å². The molecule has 0 aliphatic rings. The third kappa shape index (κ3) is 5.98. The molecule has 1 heterocycles. The molecule has 0 radical (unpaired) electrons. The molecule has 0 saturated heterocycles. The van der Waals surface area contributed by atoms with E-state index in [9.17, 15) is 4.79 Å². The summed E-state index contributed by atoms with van der Waals surface area (Å²) in [6.07, 6.45) is 1.73. The van der Waals surface area contributed by atoms with Crippen molar-refractivity contribution in [2.45, 2.75) is 19.8 Å². The number of nitrogen functional groups attached to an aromatic ring is 1. The predicted molar refractivity (Wildman–Crippen MR) is 72.3 cm³/mol. The Hall–Kier alpha value is -1.93. The van der Waals surface area contributed by atoms with Gasteiger partial charge in [0.25, 0.3) is 0 Å². The molecule has 0 unspecified atom stereocenters. The SMILES string of the molecule is CCCc1nc(NN)cc(NCCOCC(N)=O)n1. The summed E-state index contributed by atoms with van der Waals surface area (Å²) in [5.74, 6) is 6.80. The number of hydrogen-bond acceptors (Lipinski definition) is 7. The Morgan fingerprint density at radius 3 is 2.79 bits per heavy atom. The molecule has 0 saturated carbocycles. The Morgan fingerprint density at radius 1 is 1.42 bits per heavy atom. The highest BCUT2D eigenvalue weighted by atomic mass is 16.5. The summed E-state index contributed by atoms with van der Waals surface area (Å²) in [5, 5.41) is 3.07. The molecule has 0 fully saturated rings. The van der Waals surface area contributed by atoms with Crippen LogP contribution in [-0.4, -0.2) is 35.6 Å². The van der Waals surface area contributed by atoms with Crippen molar-refractivity contribution >= 4 is 17.5 Å². The lowest BCUT2D eigenvalue weighted by atomic mass is 10.3. The molecule has 1 rings (SSSR count). The molecular weight excluding hydrogens is 248 g/mol. The van der Waals surface area contributed by atoms with Gasteiger partial charge in [-0.3, -0.25) is 4.79 Å². The fraction of sp³-hybridized carbons (Fsp3) is 0.545. The quantitative estimate of drug-likeness (QED) is 0.273. The van der Waals surface area contributed by atoms with Gasteiger partial charge in [-0.15, -0.1) is 0 Å². The number of hydrogen-bond donors (Lipinski definition) is 4. The molecule has 8 nitrogen and oxygen atoms in total. The molecule has 0 spiro atoms. The number of anilines is 2. The van der Waals surface area contributed by atoms with Crippen LogP contribution in [-0.2, 0) is 16.0 Å². The number of aryl methyl sites for hydroxylation is 1.